The van der Waals surface area contributed by atoms with Crippen LogP contribution in [0.2, 0.25) is 0 Å². The lowest BCUT2D eigenvalue weighted by atomic mass is 9.95. The van der Waals surface area contributed by atoms with Crippen molar-refractivity contribution in [3.8, 4) is 0 Å². The van der Waals surface area contributed by atoms with Crippen LogP contribution < -0.4 is 0 Å². The van der Waals surface area contributed by atoms with E-state index in [9.17, 15) is 0 Å². The molecule has 0 aromatic carbocycles. The number of rotatable bonds is 5. The normalized spacial score (nSPS) is 16.2. The molecule has 23 heavy (non-hydrogen) atoms. The molecule has 0 bridgehead atoms. The van der Waals surface area contributed by atoms with E-state index in [4.69, 9.17) is 0 Å². The molecular formula is C19H28N4. The van der Waals surface area contributed by atoms with Gasteiger partial charge in [-0.25, -0.2) is 4.98 Å². The Bertz CT molecular complexity index is 620. The first kappa shape index (κ1) is 16.2. The molecule has 0 spiro atoms. The van der Waals surface area contributed by atoms with Gasteiger partial charge in [0.2, 0.25) is 0 Å². The average molecular weight is 312 g/mol. The molecule has 2 heterocycles. The molecule has 0 atom stereocenters. The van der Waals surface area contributed by atoms with Gasteiger partial charge in [-0.05, 0) is 51.4 Å². The van der Waals surface area contributed by atoms with Gasteiger partial charge >= 0.3 is 0 Å². The molecule has 1 aliphatic carbocycles. The van der Waals surface area contributed by atoms with Crippen molar-refractivity contribution in [1.82, 2.24) is 19.4 Å². The number of imidazole rings is 1. The third kappa shape index (κ3) is 4.20. The zero-order valence-electron chi connectivity index (χ0n) is 14.6. The minimum absolute atomic E-state index is 0.647. The van der Waals surface area contributed by atoms with Crippen LogP contribution in [-0.2, 0) is 13.1 Å². The van der Waals surface area contributed by atoms with Crippen molar-refractivity contribution in [2.75, 3.05) is 7.05 Å². The molecule has 4 heteroatoms. The second-order valence-corrected chi connectivity index (χ2v) is 7.03. The number of aromatic nitrogens is 3. The van der Waals surface area contributed by atoms with Crippen LogP contribution in [0.1, 0.15) is 60.8 Å². The Balaban J connectivity index is 1.66. The van der Waals surface area contributed by atoms with Gasteiger partial charge in [-0.15, -0.1) is 0 Å². The van der Waals surface area contributed by atoms with Gasteiger partial charge in [0.15, 0.2) is 0 Å². The summed E-state index contributed by atoms with van der Waals surface area (Å²) in [7, 11) is 2.16. The van der Waals surface area contributed by atoms with E-state index in [1.54, 1.807) is 0 Å². The molecule has 1 saturated carbocycles. The van der Waals surface area contributed by atoms with E-state index in [2.05, 4.69) is 52.5 Å². The smallest absolute Gasteiger partial charge is 0.0951 e. The molecule has 0 aliphatic heterocycles. The highest BCUT2D eigenvalue weighted by atomic mass is 15.2. The Morgan fingerprint density at radius 3 is 2.65 bits per heavy atom. The largest absolute Gasteiger partial charge is 0.330 e. The first-order valence-electron chi connectivity index (χ1n) is 8.75. The second kappa shape index (κ2) is 7.26. The number of hydrogen-bond acceptors (Lipinski definition) is 3. The summed E-state index contributed by atoms with van der Waals surface area (Å²) < 4.78 is 2.41. The van der Waals surface area contributed by atoms with Gasteiger partial charge in [0.25, 0.3) is 0 Å². The highest BCUT2D eigenvalue weighted by molar-refractivity contribution is 5.19. The minimum Gasteiger partial charge on any atom is -0.330 e. The molecule has 0 radical (unpaired) electrons. The van der Waals surface area contributed by atoms with Crippen LogP contribution >= 0.6 is 0 Å². The first-order chi connectivity index (χ1) is 11.1. The maximum absolute atomic E-state index is 4.65. The lowest BCUT2D eigenvalue weighted by Gasteiger charge is -2.26. The lowest BCUT2D eigenvalue weighted by molar-refractivity contribution is 0.288. The minimum atomic E-state index is 0.647. The van der Waals surface area contributed by atoms with Crippen LogP contribution in [0.25, 0.3) is 0 Å². The summed E-state index contributed by atoms with van der Waals surface area (Å²) in [6, 6.07) is 4.96. The second-order valence-electron chi connectivity index (χ2n) is 7.03. The Kier molecular flexibility index (Phi) is 5.11. The molecule has 3 rings (SSSR count). The summed E-state index contributed by atoms with van der Waals surface area (Å²) >= 11 is 0. The SMILES string of the molecule is Cc1cc(C)nc(CN(C)Cc2cncn2C2CCCCC2)c1. The van der Waals surface area contributed by atoms with Gasteiger partial charge in [-0.2, -0.15) is 0 Å². The molecule has 0 amide bonds. The Hall–Kier alpha value is -1.68. The van der Waals surface area contributed by atoms with E-state index in [0.29, 0.717) is 6.04 Å². The molecule has 0 unspecified atom stereocenters. The van der Waals surface area contributed by atoms with Crippen LogP contribution in [0.4, 0.5) is 0 Å². The van der Waals surface area contributed by atoms with Crippen molar-refractivity contribution < 1.29 is 0 Å². The van der Waals surface area contributed by atoms with E-state index >= 15 is 0 Å². The molecule has 124 valence electrons. The summed E-state index contributed by atoms with van der Waals surface area (Å²) in [5, 5.41) is 0. The molecule has 1 fully saturated rings. The zero-order chi connectivity index (χ0) is 16.2. The van der Waals surface area contributed by atoms with E-state index in [-0.39, 0.29) is 0 Å². The summed E-state index contributed by atoms with van der Waals surface area (Å²) in [5.74, 6) is 0. The Morgan fingerprint density at radius 2 is 1.91 bits per heavy atom. The standard InChI is InChI=1S/C19H28N4/c1-15-9-16(2)21-17(10-15)12-22(3)13-19-11-20-14-23(19)18-7-5-4-6-8-18/h9-11,14,18H,4-8,12-13H2,1-3H3. The fraction of sp³-hybridized carbons (Fsp3) is 0.579. The third-order valence-electron chi connectivity index (χ3n) is 4.73. The van der Waals surface area contributed by atoms with Crippen LogP contribution in [-0.4, -0.2) is 26.5 Å². The fourth-order valence-electron chi connectivity index (χ4n) is 3.76. The maximum atomic E-state index is 4.65. The third-order valence-corrected chi connectivity index (χ3v) is 4.73. The molecule has 2 aromatic rings. The van der Waals surface area contributed by atoms with Crippen LogP contribution in [0.15, 0.2) is 24.7 Å². The number of aryl methyl sites for hydroxylation is 2. The van der Waals surface area contributed by atoms with Gasteiger partial charge in [0.05, 0.1) is 17.7 Å². The van der Waals surface area contributed by atoms with Crippen LogP contribution in [0.5, 0.6) is 0 Å². The van der Waals surface area contributed by atoms with Gasteiger partial charge in [-0.3, -0.25) is 9.88 Å². The molecular weight excluding hydrogens is 284 g/mol. The van der Waals surface area contributed by atoms with Crippen LogP contribution in [0.3, 0.4) is 0 Å². The van der Waals surface area contributed by atoms with Crippen molar-refractivity contribution in [3.05, 3.63) is 47.3 Å². The maximum Gasteiger partial charge on any atom is 0.0951 e. The number of pyridine rings is 1. The quantitative estimate of drug-likeness (QED) is 0.836. The van der Waals surface area contributed by atoms with E-state index in [1.165, 1.54) is 43.4 Å². The van der Waals surface area contributed by atoms with E-state index in [1.807, 2.05) is 12.5 Å². The van der Waals surface area contributed by atoms with Gasteiger partial charge in [0.1, 0.15) is 0 Å². The molecule has 1 aliphatic rings. The predicted octanol–water partition coefficient (Wildman–Crippen LogP) is 4.03. The highest BCUT2D eigenvalue weighted by Crippen LogP contribution is 2.29. The zero-order valence-corrected chi connectivity index (χ0v) is 14.6. The van der Waals surface area contributed by atoms with Crippen molar-refractivity contribution in [3.63, 3.8) is 0 Å². The topological polar surface area (TPSA) is 34.0 Å². The van der Waals surface area contributed by atoms with Gasteiger partial charge in [-0.1, -0.05) is 19.3 Å². The van der Waals surface area contributed by atoms with E-state index < -0.39 is 0 Å². The molecule has 0 N–H and O–H groups in total. The Morgan fingerprint density at radius 1 is 1.13 bits per heavy atom. The summed E-state index contributed by atoms with van der Waals surface area (Å²) in [4.78, 5) is 11.4. The summed E-state index contributed by atoms with van der Waals surface area (Å²) in [6.07, 6.45) is 10.7. The van der Waals surface area contributed by atoms with Crippen molar-refractivity contribution in [2.24, 2.45) is 0 Å². The fourth-order valence-corrected chi connectivity index (χ4v) is 3.76. The predicted molar refractivity (Wildman–Crippen MR) is 93.2 cm³/mol. The van der Waals surface area contributed by atoms with Crippen molar-refractivity contribution in [1.29, 1.82) is 0 Å². The highest BCUT2D eigenvalue weighted by Gasteiger charge is 2.18. The number of nitrogens with zero attached hydrogens (tertiary/aromatic N) is 4. The van der Waals surface area contributed by atoms with Gasteiger partial charge < -0.3 is 4.57 Å². The van der Waals surface area contributed by atoms with E-state index in [0.717, 1.165) is 24.5 Å². The summed E-state index contributed by atoms with van der Waals surface area (Å²) in [6.45, 7) is 5.99. The first-order valence-corrected chi connectivity index (χ1v) is 8.75. The Labute approximate surface area is 139 Å². The average Bonchev–Trinajstić information content (AvgIpc) is 2.95. The van der Waals surface area contributed by atoms with Crippen molar-refractivity contribution in [2.45, 2.75) is 65.1 Å². The van der Waals surface area contributed by atoms with Crippen LogP contribution in [0, 0.1) is 13.8 Å². The molecule has 2 aromatic heterocycles. The summed E-state index contributed by atoms with van der Waals surface area (Å²) in [5.41, 5.74) is 4.85. The van der Waals surface area contributed by atoms with Crippen molar-refractivity contribution >= 4 is 0 Å². The van der Waals surface area contributed by atoms with Gasteiger partial charge in [0, 0.05) is 31.0 Å². The molecule has 4 nitrogen and oxygen atoms in total. The molecule has 0 saturated heterocycles. The number of hydrogen-bond donors (Lipinski definition) is 0. The lowest BCUT2D eigenvalue weighted by Crippen LogP contribution is -2.22. The monoisotopic (exact) mass is 312 g/mol.